The molecule has 0 saturated carbocycles. The monoisotopic (exact) mass is 257 g/mol. The molecule has 17 heavy (non-hydrogen) atoms. The summed E-state index contributed by atoms with van der Waals surface area (Å²) in [6, 6.07) is 0. The van der Waals surface area contributed by atoms with Crippen molar-refractivity contribution in [2.75, 3.05) is 19.3 Å². The first-order valence-corrected chi connectivity index (χ1v) is 7.35. The molecule has 0 saturated heterocycles. The van der Waals surface area contributed by atoms with Crippen LogP contribution in [0, 0.1) is 0 Å². The fourth-order valence-electron chi connectivity index (χ4n) is 1.90. The zero-order valence-electron chi connectivity index (χ0n) is 9.86. The van der Waals surface area contributed by atoms with E-state index < -0.39 is 9.84 Å². The van der Waals surface area contributed by atoms with Crippen LogP contribution in [0.1, 0.15) is 18.2 Å². The SMILES string of the molecule is CCN1CCc2nc(S(C)(=O)=O)[nH]c(=O)c2C1. The normalized spacial score (nSPS) is 16.8. The quantitative estimate of drug-likeness (QED) is 0.726. The van der Waals surface area contributed by atoms with E-state index in [1.807, 2.05) is 6.92 Å². The number of hydrogen-bond donors (Lipinski definition) is 1. The average Bonchev–Trinajstić information content (AvgIpc) is 2.27. The number of rotatable bonds is 2. The first kappa shape index (κ1) is 12.3. The Morgan fingerprint density at radius 2 is 2.18 bits per heavy atom. The fourth-order valence-corrected chi connectivity index (χ4v) is 2.46. The molecule has 0 aromatic carbocycles. The number of likely N-dealkylation sites (N-methyl/N-ethyl adjacent to an activating group) is 1. The third kappa shape index (κ3) is 2.39. The lowest BCUT2D eigenvalue weighted by molar-refractivity contribution is 0.263. The number of aromatic amines is 1. The molecular weight excluding hydrogens is 242 g/mol. The van der Waals surface area contributed by atoms with E-state index in [4.69, 9.17) is 0 Å². The molecule has 1 aromatic heterocycles. The molecule has 1 aliphatic rings. The van der Waals surface area contributed by atoms with Crippen LogP contribution in [0.5, 0.6) is 0 Å². The second kappa shape index (κ2) is 4.23. The molecule has 1 aliphatic heterocycles. The molecule has 0 bridgehead atoms. The Labute approximate surface area is 99.6 Å². The van der Waals surface area contributed by atoms with Crippen LogP contribution in [0.15, 0.2) is 9.95 Å². The number of hydrogen-bond acceptors (Lipinski definition) is 5. The van der Waals surface area contributed by atoms with E-state index in [1.54, 1.807) is 0 Å². The summed E-state index contributed by atoms with van der Waals surface area (Å²) < 4.78 is 22.7. The van der Waals surface area contributed by atoms with E-state index in [1.165, 1.54) is 0 Å². The van der Waals surface area contributed by atoms with E-state index in [0.717, 1.165) is 19.3 Å². The van der Waals surface area contributed by atoms with Gasteiger partial charge in [-0.15, -0.1) is 0 Å². The Morgan fingerprint density at radius 1 is 1.47 bits per heavy atom. The van der Waals surface area contributed by atoms with Gasteiger partial charge in [-0.3, -0.25) is 14.7 Å². The highest BCUT2D eigenvalue weighted by Crippen LogP contribution is 2.14. The molecule has 1 aromatic rings. The standard InChI is InChI=1S/C10H15N3O3S/c1-3-13-5-4-8-7(6-13)9(14)12-10(11-8)17(2,15)16/h3-6H2,1-2H3,(H,11,12,14). The highest BCUT2D eigenvalue weighted by molar-refractivity contribution is 7.90. The Balaban J connectivity index is 2.51. The molecule has 2 rings (SSSR count). The van der Waals surface area contributed by atoms with Crippen LogP contribution in [0.25, 0.3) is 0 Å². The number of nitrogens with one attached hydrogen (secondary N) is 1. The predicted octanol–water partition coefficient (Wildman–Crippen LogP) is -0.449. The number of aromatic nitrogens is 2. The molecule has 0 amide bonds. The third-order valence-corrected chi connectivity index (χ3v) is 3.82. The summed E-state index contributed by atoms with van der Waals surface area (Å²) in [7, 11) is -3.46. The minimum absolute atomic E-state index is 0.230. The van der Waals surface area contributed by atoms with Crippen molar-refractivity contribution in [3.05, 3.63) is 21.6 Å². The van der Waals surface area contributed by atoms with Crippen LogP contribution in [-0.2, 0) is 22.8 Å². The summed E-state index contributed by atoms with van der Waals surface area (Å²) in [6.45, 7) is 4.24. The van der Waals surface area contributed by atoms with Gasteiger partial charge in [0.05, 0.1) is 11.3 Å². The van der Waals surface area contributed by atoms with Gasteiger partial charge in [0.25, 0.3) is 5.56 Å². The zero-order chi connectivity index (χ0) is 12.6. The maximum atomic E-state index is 11.8. The summed E-state index contributed by atoms with van der Waals surface area (Å²) in [6.07, 6.45) is 1.66. The van der Waals surface area contributed by atoms with Crippen molar-refractivity contribution in [1.29, 1.82) is 0 Å². The van der Waals surface area contributed by atoms with Gasteiger partial charge >= 0.3 is 0 Å². The van der Waals surface area contributed by atoms with Crippen LogP contribution in [-0.4, -0.2) is 42.6 Å². The first-order chi connectivity index (χ1) is 7.91. The minimum Gasteiger partial charge on any atom is -0.299 e. The van der Waals surface area contributed by atoms with Crippen molar-refractivity contribution >= 4 is 9.84 Å². The van der Waals surface area contributed by atoms with E-state index in [9.17, 15) is 13.2 Å². The second-order valence-electron chi connectivity index (χ2n) is 4.19. The van der Waals surface area contributed by atoms with Crippen LogP contribution in [0.3, 0.4) is 0 Å². The Morgan fingerprint density at radius 3 is 2.76 bits per heavy atom. The number of nitrogens with zero attached hydrogens (tertiary/aromatic N) is 2. The van der Waals surface area contributed by atoms with Gasteiger partial charge in [0.2, 0.25) is 15.0 Å². The number of fused-ring (bicyclic) bond motifs is 1. The lowest BCUT2D eigenvalue weighted by atomic mass is 10.1. The molecule has 0 spiro atoms. The third-order valence-electron chi connectivity index (χ3n) is 2.92. The van der Waals surface area contributed by atoms with Crippen molar-refractivity contribution in [3.63, 3.8) is 0 Å². The molecule has 2 heterocycles. The molecule has 1 N–H and O–H groups in total. The average molecular weight is 257 g/mol. The maximum Gasteiger partial charge on any atom is 0.256 e. The van der Waals surface area contributed by atoms with Gasteiger partial charge in [-0.25, -0.2) is 13.4 Å². The zero-order valence-corrected chi connectivity index (χ0v) is 10.7. The lowest BCUT2D eigenvalue weighted by Crippen LogP contribution is -2.36. The summed E-state index contributed by atoms with van der Waals surface area (Å²) >= 11 is 0. The largest absolute Gasteiger partial charge is 0.299 e. The lowest BCUT2D eigenvalue weighted by Gasteiger charge is -2.26. The summed E-state index contributed by atoms with van der Waals surface area (Å²) in [5, 5.41) is -0.230. The van der Waals surface area contributed by atoms with Crippen molar-refractivity contribution in [3.8, 4) is 0 Å². The maximum absolute atomic E-state index is 11.8. The van der Waals surface area contributed by atoms with Gasteiger partial charge in [0, 0.05) is 25.8 Å². The van der Waals surface area contributed by atoms with E-state index in [2.05, 4.69) is 14.9 Å². The topological polar surface area (TPSA) is 83.1 Å². The van der Waals surface area contributed by atoms with Crippen LogP contribution < -0.4 is 5.56 Å². The van der Waals surface area contributed by atoms with Gasteiger partial charge in [-0.2, -0.15) is 0 Å². The molecule has 0 unspecified atom stereocenters. The van der Waals surface area contributed by atoms with Crippen LogP contribution in [0.2, 0.25) is 0 Å². The molecule has 0 atom stereocenters. The fraction of sp³-hybridized carbons (Fsp3) is 0.600. The van der Waals surface area contributed by atoms with Crippen LogP contribution >= 0.6 is 0 Å². The summed E-state index contributed by atoms with van der Waals surface area (Å²) in [5.41, 5.74) is 0.859. The van der Waals surface area contributed by atoms with E-state index >= 15 is 0 Å². The predicted molar refractivity (Wildman–Crippen MR) is 62.6 cm³/mol. The number of H-pyrrole nitrogens is 1. The van der Waals surface area contributed by atoms with Crippen molar-refractivity contribution < 1.29 is 8.42 Å². The smallest absolute Gasteiger partial charge is 0.256 e. The van der Waals surface area contributed by atoms with Gasteiger partial charge < -0.3 is 0 Å². The number of sulfone groups is 1. The van der Waals surface area contributed by atoms with Crippen LogP contribution in [0.4, 0.5) is 0 Å². The molecule has 6 nitrogen and oxygen atoms in total. The Kier molecular flexibility index (Phi) is 3.05. The van der Waals surface area contributed by atoms with Crippen molar-refractivity contribution in [2.45, 2.75) is 25.0 Å². The minimum atomic E-state index is -3.46. The van der Waals surface area contributed by atoms with Gasteiger partial charge in [-0.1, -0.05) is 6.92 Å². The molecule has 0 radical (unpaired) electrons. The molecule has 0 fully saturated rings. The van der Waals surface area contributed by atoms with Gasteiger partial charge in [0.15, 0.2) is 0 Å². The highest BCUT2D eigenvalue weighted by Gasteiger charge is 2.22. The summed E-state index contributed by atoms with van der Waals surface area (Å²) in [5.74, 6) is 0. The van der Waals surface area contributed by atoms with E-state index in [0.29, 0.717) is 24.2 Å². The van der Waals surface area contributed by atoms with Gasteiger partial charge in [-0.05, 0) is 6.54 Å². The Bertz CT molecular complexity index is 591. The molecule has 94 valence electrons. The summed E-state index contributed by atoms with van der Waals surface area (Å²) in [4.78, 5) is 20.3. The second-order valence-corrected chi connectivity index (χ2v) is 6.12. The Hall–Kier alpha value is -1.21. The van der Waals surface area contributed by atoms with Crippen molar-refractivity contribution in [2.24, 2.45) is 0 Å². The molecule has 0 aliphatic carbocycles. The first-order valence-electron chi connectivity index (χ1n) is 5.46. The van der Waals surface area contributed by atoms with Gasteiger partial charge in [0.1, 0.15) is 0 Å². The highest BCUT2D eigenvalue weighted by atomic mass is 32.2. The van der Waals surface area contributed by atoms with E-state index in [-0.39, 0.29) is 10.7 Å². The molecule has 7 heteroatoms. The molecular formula is C10H15N3O3S. The van der Waals surface area contributed by atoms with Crippen molar-refractivity contribution in [1.82, 2.24) is 14.9 Å².